The lowest BCUT2D eigenvalue weighted by Crippen LogP contribution is -2.19. The molecule has 0 heterocycles. The van der Waals surface area contributed by atoms with E-state index in [0.29, 0.717) is 12.5 Å². The monoisotopic (exact) mass is 188 g/mol. The molecule has 3 heteroatoms. The van der Waals surface area contributed by atoms with Crippen molar-refractivity contribution in [2.45, 2.75) is 46.1 Å². The van der Waals surface area contributed by atoms with Crippen molar-refractivity contribution in [1.29, 1.82) is 0 Å². The lowest BCUT2D eigenvalue weighted by molar-refractivity contribution is -0.152. The third-order valence-corrected chi connectivity index (χ3v) is 1.76. The van der Waals surface area contributed by atoms with E-state index in [0.717, 1.165) is 19.3 Å². The maximum Gasteiger partial charge on any atom is 0.334 e. The molecule has 0 aliphatic heterocycles. The van der Waals surface area contributed by atoms with Gasteiger partial charge in [-0.15, -0.1) is 0 Å². The highest BCUT2D eigenvalue weighted by Crippen LogP contribution is 2.06. The average molecular weight is 188 g/mol. The van der Waals surface area contributed by atoms with E-state index < -0.39 is 12.1 Å². The Bertz CT molecular complexity index is 141. The standard InChI is InChI=1S/C10H20O3/c1-8(2)6-4-5-7-13-10(12)9(3)11/h8-9,11H,4-7H2,1-3H3. The van der Waals surface area contributed by atoms with Crippen molar-refractivity contribution in [1.82, 2.24) is 0 Å². The van der Waals surface area contributed by atoms with Crippen LogP contribution in [0.25, 0.3) is 0 Å². The van der Waals surface area contributed by atoms with E-state index in [1.165, 1.54) is 6.92 Å². The highest BCUT2D eigenvalue weighted by atomic mass is 16.5. The molecular weight excluding hydrogens is 168 g/mol. The number of hydrogen-bond acceptors (Lipinski definition) is 3. The Labute approximate surface area is 80.1 Å². The summed E-state index contributed by atoms with van der Waals surface area (Å²) in [4.78, 5) is 10.8. The number of aliphatic hydroxyl groups is 1. The van der Waals surface area contributed by atoms with Gasteiger partial charge in [-0.1, -0.05) is 20.3 Å². The first kappa shape index (κ1) is 12.4. The molecule has 0 aromatic heterocycles. The van der Waals surface area contributed by atoms with Crippen LogP contribution < -0.4 is 0 Å². The SMILES string of the molecule is CC(C)CCCCOC(=O)C(C)O. The second-order valence-electron chi connectivity index (χ2n) is 3.73. The Balaban J connectivity index is 3.21. The van der Waals surface area contributed by atoms with Crippen molar-refractivity contribution in [3.05, 3.63) is 0 Å². The van der Waals surface area contributed by atoms with E-state index in [4.69, 9.17) is 9.84 Å². The molecule has 0 fully saturated rings. The molecule has 0 saturated heterocycles. The van der Waals surface area contributed by atoms with Gasteiger partial charge in [-0.25, -0.2) is 4.79 Å². The number of aliphatic hydroxyl groups excluding tert-OH is 1. The molecule has 0 spiro atoms. The van der Waals surface area contributed by atoms with E-state index in [2.05, 4.69) is 13.8 Å². The van der Waals surface area contributed by atoms with E-state index >= 15 is 0 Å². The fourth-order valence-corrected chi connectivity index (χ4v) is 0.948. The van der Waals surface area contributed by atoms with Gasteiger partial charge in [0.1, 0.15) is 6.10 Å². The van der Waals surface area contributed by atoms with E-state index in [1.807, 2.05) is 0 Å². The molecule has 1 atom stereocenters. The van der Waals surface area contributed by atoms with Crippen molar-refractivity contribution in [3.63, 3.8) is 0 Å². The Morgan fingerprint density at radius 3 is 2.38 bits per heavy atom. The summed E-state index contributed by atoms with van der Waals surface area (Å²) in [6.07, 6.45) is 2.12. The zero-order valence-electron chi connectivity index (χ0n) is 8.75. The van der Waals surface area contributed by atoms with Crippen LogP contribution in [-0.4, -0.2) is 23.8 Å². The zero-order chi connectivity index (χ0) is 10.3. The molecule has 78 valence electrons. The first-order chi connectivity index (χ1) is 6.04. The van der Waals surface area contributed by atoms with E-state index in [9.17, 15) is 4.79 Å². The van der Waals surface area contributed by atoms with E-state index in [-0.39, 0.29) is 0 Å². The van der Waals surface area contributed by atoms with Crippen LogP contribution in [0.2, 0.25) is 0 Å². The van der Waals surface area contributed by atoms with Crippen LogP contribution in [0.15, 0.2) is 0 Å². The molecule has 0 saturated carbocycles. The molecule has 0 amide bonds. The van der Waals surface area contributed by atoms with Crippen molar-refractivity contribution >= 4 is 5.97 Å². The predicted octanol–water partition coefficient (Wildman–Crippen LogP) is 1.74. The van der Waals surface area contributed by atoms with Gasteiger partial charge < -0.3 is 9.84 Å². The molecule has 1 unspecified atom stereocenters. The third-order valence-electron chi connectivity index (χ3n) is 1.76. The molecule has 0 rings (SSSR count). The summed E-state index contributed by atoms with van der Waals surface area (Å²) in [5.74, 6) is 0.178. The normalized spacial score (nSPS) is 13.0. The summed E-state index contributed by atoms with van der Waals surface area (Å²) in [7, 11) is 0. The quantitative estimate of drug-likeness (QED) is 0.510. The lowest BCUT2D eigenvalue weighted by atomic mass is 10.1. The molecule has 0 aliphatic rings. The fourth-order valence-electron chi connectivity index (χ4n) is 0.948. The van der Waals surface area contributed by atoms with Gasteiger partial charge >= 0.3 is 5.97 Å². The van der Waals surface area contributed by atoms with Gasteiger partial charge in [0.05, 0.1) is 6.61 Å². The Kier molecular flexibility index (Phi) is 6.59. The Morgan fingerprint density at radius 1 is 1.31 bits per heavy atom. The number of unbranched alkanes of at least 4 members (excludes halogenated alkanes) is 1. The number of rotatable bonds is 6. The Morgan fingerprint density at radius 2 is 1.92 bits per heavy atom. The lowest BCUT2D eigenvalue weighted by Gasteiger charge is -2.07. The van der Waals surface area contributed by atoms with Crippen molar-refractivity contribution < 1.29 is 14.6 Å². The van der Waals surface area contributed by atoms with Gasteiger partial charge in [-0.3, -0.25) is 0 Å². The maximum absolute atomic E-state index is 10.8. The second kappa shape index (κ2) is 6.89. The van der Waals surface area contributed by atoms with Crippen molar-refractivity contribution in [2.24, 2.45) is 5.92 Å². The maximum atomic E-state index is 10.8. The number of esters is 1. The number of carbonyl (C=O) groups is 1. The highest BCUT2D eigenvalue weighted by Gasteiger charge is 2.08. The van der Waals surface area contributed by atoms with Gasteiger partial charge in [0.2, 0.25) is 0 Å². The largest absolute Gasteiger partial charge is 0.464 e. The van der Waals surface area contributed by atoms with Crippen LogP contribution >= 0.6 is 0 Å². The molecule has 0 aromatic rings. The van der Waals surface area contributed by atoms with Crippen LogP contribution in [0, 0.1) is 5.92 Å². The minimum absolute atomic E-state index is 0.427. The van der Waals surface area contributed by atoms with Gasteiger partial charge in [-0.2, -0.15) is 0 Å². The molecular formula is C10H20O3. The summed E-state index contributed by atoms with van der Waals surface area (Å²) in [6.45, 7) is 6.18. The molecule has 3 nitrogen and oxygen atoms in total. The van der Waals surface area contributed by atoms with Crippen LogP contribution in [-0.2, 0) is 9.53 Å². The predicted molar refractivity (Wildman–Crippen MR) is 51.3 cm³/mol. The molecule has 1 N–H and O–H groups in total. The molecule has 0 radical (unpaired) electrons. The summed E-state index contributed by atoms with van der Waals surface area (Å²) < 4.78 is 4.80. The molecule has 0 aromatic carbocycles. The molecule has 13 heavy (non-hydrogen) atoms. The summed E-state index contributed by atoms with van der Waals surface area (Å²) >= 11 is 0. The fraction of sp³-hybridized carbons (Fsp3) is 0.900. The minimum atomic E-state index is -0.995. The number of carbonyl (C=O) groups excluding carboxylic acids is 1. The summed E-state index contributed by atoms with van der Waals surface area (Å²) in [5.41, 5.74) is 0. The Hall–Kier alpha value is -0.570. The smallest absolute Gasteiger partial charge is 0.334 e. The van der Waals surface area contributed by atoms with Crippen LogP contribution in [0.1, 0.15) is 40.0 Å². The van der Waals surface area contributed by atoms with Gasteiger partial charge in [0.15, 0.2) is 0 Å². The third kappa shape index (κ3) is 7.78. The van der Waals surface area contributed by atoms with Crippen LogP contribution in [0.3, 0.4) is 0 Å². The summed E-state index contributed by atoms with van der Waals surface area (Å²) in [5, 5.41) is 8.79. The van der Waals surface area contributed by atoms with Gasteiger partial charge in [0, 0.05) is 0 Å². The number of ether oxygens (including phenoxy) is 1. The van der Waals surface area contributed by atoms with Crippen molar-refractivity contribution in [2.75, 3.05) is 6.61 Å². The molecule has 0 bridgehead atoms. The first-order valence-electron chi connectivity index (χ1n) is 4.88. The van der Waals surface area contributed by atoms with Gasteiger partial charge in [0.25, 0.3) is 0 Å². The summed E-state index contributed by atoms with van der Waals surface area (Å²) in [6, 6.07) is 0. The second-order valence-corrected chi connectivity index (χ2v) is 3.73. The minimum Gasteiger partial charge on any atom is -0.464 e. The van der Waals surface area contributed by atoms with Crippen molar-refractivity contribution in [3.8, 4) is 0 Å². The van der Waals surface area contributed by atoms with Crippen LogP contribution in [0.5, 0.6) is 0 Å². The topological polar surface area (TPSA) is 46.5 Å². The zero-order valence-corrected chi connectivity index (χ0v) is 8.75. The highest BCUT2D eigenvalue weighted by molar-refractivity contribution is 5.73. The van der Waals surface area contributed by atoms with Crippen LogP contribution in [0.4, 0.5) is 0 Å². The molecule has 0 aliphatic carbocycles. The average Bonchev–Trinajstić information content (AvgIpc) is 2.02. The van der Waals surface area contributed by atoms with E-state index in [1.54, 1.807) is 0 Å². The first-order valence-corrected chi connectivity index (χ1v) is 4.88. The number of hydrogen-bond donors (Lipinski definition) is 1. The van der Waals surface area contributed by atoms with Gasteiger partial charge in [-0.05, 0) is 25.7 Å².